The van der Waals surface area contributed by atoms with Gasteiger partial charge in [-0.3, -0.25) is 10.1 Å². The Morgan fingerprint density at radius 1 is 1.14 bits per heavy atom. The monoisotopic (exact) mass is 416 g/mol. The van der Waals surface area contributed by atoms with E-state index < -0.39 is 17.6 Å². The summed E-state index contributed by atoms with van der Waals surface area (Å²) in [7, 11) is 0. The smallest absolute Gasteiger partial charge is 0.416 e. The van der Waals surface area contributed by atoms with Crippen LogP contribution in [0.4, 0.5) is 18.3 Å². The number of benzene rings is 2. The van der Waals surface area contributed by atoms with Crippen LogP contribution in [0.3, 0.4) is 0 Å². The number of amides is 1. The summed E-state index contributed by atoms with van der Waals surface area (Å²) in [6.07, 6.45) is -3.55. The summed E-state index contributed by atoms with van der Waals surface area (Å²) in [5.74, 6) is -0.345. The predicted octanol–water partition coefficient (Wildman–Crippen LogP) is 6.39. The molecule has 29 heavy (non-hydrogen) atoms. The van der Waals surface area contributed by atoms with Crippen molar-refractivity contribution in [3.8, 4) is 11.3 Å². The number of alkyl halides is 3. The Morgan fingerprint density at radius 2 is 1.97 bits per heavy atom. The lowest BCUT2D eigenvalue weighted by Crippen LogP contribution is -2.10. The molecule has 2 aromatic heterocycles. The van der Waals surface area contributed by atoms with Gasteiger partial charge < -0.3 is 4.42 Å². The summed E-state index contributed by atoms with van der Waals surface area (Å²) >= 11 is 1.35. The molecule has 8 heteroatoms. The second kappa shape index (κ2) is 7.36. The van der Waals surface area contributed by atoms with E-state index in [2.05, 4.69) is 17.2 Å². The molecule has 0 fully saturated rings. The Morgan fingerprint density at radius 3 is 2.72 bits per heavy atom. The number of anilines is 1. The maximum Gasteiger partial charge on any atom is 0.416 e. The summed E-state index contributed by atoms with van der Waals surface area (Å²) in [6.45, 7) is 2.06. The van der Waals surface area contributed by atoms with E-state index in [0.717, 1.165) is 28.8 Å². The van der Waals surface area contributed by atoms with Gasteiger partial charge in [0.2, 0.25) is 0 Å². The van der Waals surface area contributed by atoms with Crippen LogP contribution in [0.5, 0.6) is 0 Å². The number of fused-ring (bicyclic) bond motifs is 1. The highest BCUT2D eigenvalue weighted by Crippen LogP contribution is 2.33. The van der Waals surface area contributed by atoms with E-state index >= 15 is 0 Å². The number of hydrogen-bond donors (Lipinski definition) is 1. The molecule has 0 saturated heterocycles. The molecule has 4 rings (SSSR count). The Kier molecular flexibility index (Phi) is 4.87. The van der Waals surface area contributed by atoms with Gasteiger partial charge in [0.05, 0.1) is 15.8 Å². The first kappa shape index (κ1) is 19.2. The van der Waals surface area contributed by atoms with Crippen molar-refractivity contribution in [1.29, 1.82) is 0 Å². The van der Waals surface area contributed by atoms with Crippen LogP contribution in [-0.2, 0) is 12.6 Å². The number of thiazole rings is 1. The number of aryl methyl sites for hydroxylation is 1. The second-order valence-electron chi connectivity index (χ2n) is 6.37. The van der Waals surface area contributed by atoms with Gasteiger partial charge in [-0.15, -0.1) is 0 Å². The van der Waals surface area contributed by atoms with E-state index in [0.29, 0.717) is 5.13 Å². The number of halogens is 3. The molecule has 4 nitrogen and oxygen atoms in total. The van der Waals surface area contributed by atoms with Crippen LogP contribution < -0.4 is 5.32 Å². The van der Waals surface area contributed by atoms with E-state index in [1.807, 2.05) is 18.2 Å². The summed E-state index contributed by atoms with van der Waals surface area (Å²) in [5, 5.41) is 3.11. The molecule has 0 atom stereocenters. The van der Waals surface area contributed by atoms with E-state index in [9.17, 15) is 18.0 Å². The van der Waals surface area contributed by atoms with Crippen molar-refractivity contribution in [1.82, 2.24) is 4.98 Å². The number of nitrogens with zero attached hydrogens (tertiary/aromatic N) is 1. The van der Waals surface area contributed by atoms with E-state index in [1.54, 1.807) is 0 Å². The Hall–Kier alpha value is -3.13. The van der Waals surface area contributed by atoms with Crippen LogP contribution in [0.15, 0.2) is 59.0 Å². The van der Waals surface area contributed by atoms with Crippen molar-refractivity contribution >= 4 is 32.6 Å². The van der Waals surface area contributed by atoms with Crippen LogP contribution in [-0.4, -0.2) is 10.9 Å². The van der Waals surface area contributed by atoms with Gasteiger partial charge in [0.15, 0.2) is 10.9 Å². The minimum atomic E-state index is -4.45. The molecule has 4 aromatic rings. The molecule has 0 unspecified atom stereocenters. The lowest BCUT2D eigenvalue weighted by atomic mass is 10.1. The van der Waals surface area contributed by atoms with Gasteiger partial charge >= 0.3 is 6.18 Å². The molecule has 1 N–H and O–H groups in total. The topological polar surface area (TPSA) is 55.1 Å². The number of carbonyl (C=O) groups excluding carboxylic acids is 1. The first-order chi connectivity index (χ1) is 13.8. The van der Waals surface area contributed by atoms with Crippen molar-refractivity contribution in [3.63, 3.8) is 0 Å². The van der Waals surface area contributed by atoms with E-state index in [4.69, 9.17) is 4.42 Å². The second-order valence-corrected chi connectivity index (χ2v) is 7.40. The highest BCUT2D eigenvalue weighted by Gasteiger charge is 2.30. The highest BCUT2D eigenvalue weighted by atomic mass is 32.1. The van der Waals surface area contributed by atoms with Gasteiger partial charge in [-0.25, -0.2) is 4.98 Å². The third kappa shape index (κ3) is 4.02. The predicted molar refractivity (Wildman–Crippen MR) is 106 cm³/mol. The molecule has 0 aliphatic heterocycles. The van der Waals surface area contributed by atoms with Crippen LogP contribution >= 0.6 is 11.3 Å². The number of furan rings is 1. The van der Waals surface area contributed by atoms with Gasteiger partial charge in [-0.05, 0) is 48.4 Å². The zero-order valence-electron chi connectivity index (χ0n) is 15.2. The number of hydrogen-bond acceptors (Lipinski definition) is 4. The van der Waals surface area contributed by atoms with Crippen LogP contribution in [0.25, 0.3) is 21.5 Å². The van der Waals surface area contributed by atoms with Crippen LogP contribution in [0.1, 0.15) is 28.6 Å². The summed E-state index contributed by atoms with van der Waals surface area (Å²) < 4.78 is 45.1. The average Bonchev–Trinajstić information content (AvgIpc) is 3.33. The quantitative estimate of drug-likeness (QED) is 0.419. The standard InChI is InChI=1S/C21H15F3N2O2S/c1-2-12-6-7-15-18(10-12)29-20(25-15)26-19(27)17-9-8-16(28-17)13-4-3-5-14(11-13)21(22,23)24/h3-11H,2H2,1H3,(H,25,26,27). The van der Waals surface area contributed by atoms with Crippen LogP contribution in [0.2, 0.25) is 0 Å². The molecule has 0 saturated carbocycles. The fourth-order valence-corrected chi connectivity index (χ4v) is 3.79. The minimum absolute atomic E-state index is 0.00841. The van der Waals surface area contributed by atoms with Gasteiger partial charge in [-0.2, -0.15) is 13.2 Å². The fourth-order valence-electron chi connectivity index (χ4n) is 2.86. The van der Waals surface area contributed by atoms with Gasteiger partial charge in [0.25, 0.3) is 5.91 Å². The summed E-state index contributed by atoms with van der Waals surface area (Å²) in [6, 6.07) is 13.6. The number of nitrogens with one attached hydrogen (secondary N) is 1. The number of aromatic nitrogens is 1. The first-order valence-corrected chi connectivity index (χ1v) is 9.63. The van der Waals surface area contributed by atoms with Crippen molar-refractivity contribution in [2.24, 2.45) is 0 Å². The van der Waals surface area contributed by atoms with Crippen molar-refractivity contribution in [2.75, 3.05) is 5.32 Å². The molecule has 0 aliphatic rings. The van der Waals surface area contributed by atoms with E-state index in [-0.39, 0.29) is 17.1 Å². The molecule has 2 heterocycles. The zero-order chi connectivity index (χ0) is 20.6. The molecule has 1 amide bonds. The number of rotatable bonds is 4. The third-order valence-corrected chi connectivity index (χ3v) is 5.32. The summed E-state index contributed by atoms with van der Waals surface area (Å²) in [4.78, 5) is 16.8. The van der Waals surface area contributed by atoms with Crippen molar-refractivity contribution in [3.05, 3.63) is 71.5 Å². The first-order valence-electron chi connectivity index (χ1n) is 8.82. The molecule has 0 spiro atoms. The van der Waals surface area contributed by atoms with Crippen molar-refractivity contribution in [2.45, 2.75) is 19.5 Å². The molecule has 0 bridgehead atoms. The minimum Gasteiger partial charge on any atom is -0.451 e. The molecular formula is C21H15F3N2O2S. The maximum atomic E-state index is 12.9. The zero-order valence-corrected chi connectivity index (χ0v) is 16.0. The Labute approximate surface area is 168 Å². The van der Waals surface area contributed by atoms with E-state index in [1.165, 1.54) is 41.2 Å². The maximum absolute atomic E-state index is 12.9. The lowest BCUT2D eigenvalue weighted by molar-refractivity contribution is -0.137. The SMILES string of the molecule is CCc1ccc2nc(NC(=O)c3ccc(-c4cccc(C(F)(F)F)c4)o3)sc2c1. The molecule has 148 valence electrons. The number of carbonyl (C=O) groups is 1. The summed E-state index contributed by atoms with van der Waals surface area (Å²) in [5.41, 5.74) is 1.42. The highest BCUT2D eigenvalue weighted by molar-refractivity contribution is 7.22. The van der Waals surface area contributed by atoms with Gasteiger partial charge in [0.1, 0.15) is 5.76 Å². The van der Waals surface area contributed by atoms with Crippen molar-refractivity contribution < 1.29 is 22.4 Å². The third-order valence-electron chi connectivity index (χ3n) is 4.39. The normalized spacial score (nSPS) is 11.7. The van der Waals surface area contributed by atoms with Crippen LogP contribution in [0, 0.1) is 0 Å². The average molecular weight is 416 g/mol. The lowest BCUT2D eigenvalue weighted by Gasteiger charge is -2.07. The molecule has 0 radical (unpaired) electrons. The Bertz CT molecular complexity index is 1190. The molecule has 0 aliphatic carbocycles. The fraction of sp³-hybridized carbons (Fsp3) is 0.143. The molecular weight excluding hydrogens is 401 g/mol. The molecule has 2 aromatic carbocycles. The van der Waals surface area contributed by atoms with Gasteiger partial charge in [0, 0.05) is 5.56 Å². The van der Waals surface area contributed by atoms with Gasteiger partial charge in [-0.1, -0.05) is 36.5 Å². The largest absolute Gasteiger partial charge is 0.451 e. The Balaban J connectivity index is 1.54.